The lowest BCUT2D eigenvalue weighted by molar-refractivity contribution is -0.132. The van der Waals surface area contributed by atoms with Gasteiger partial charge in [-0.15, -0.1) is 10.2 Å². The van der Waals surface area contributed by atoms with Crippen LogP contribution in [0.2, 0.25) is 0 Å². The highest BCUT2D eigenvalue weighted by atomic mass is 32.1. The molecule has 4 rings (SSSR count). The number of aromatic nitrogens is 2. The zero-order chi connectivity index (χ0) is 26.0. The van der Waals surface area contributed by atoms with E-state index in [1.54, 1.807) is 31.2 Å². The van der Waals surface area contributed by atoms with Crippen molar-refractivity contribution in [3.8, 4) is 5.75 Å². The van der Waals surface area contributed by atoms with Crippen LogP contribution in [0.5, 0.6) is 5.75 Å². The first kappa shape index (κ1) is 25.6. The van der Waals surface area contributed by atoms with Crippen molar-refractivity contribution >= 4 is 33.9 Å². The maximum Gasteiger partial charge on any atom is 0.301 e. The molecule has 7 nitrogen and oxygen atoms in total. The van der Waals surface area contributed by atoms with Crippen molar-refractivity contribution in [2.24, 2.45) is 0 Å². The topological polar surface area (TPSA) is 92.6 Å². The molecule has 0 aliphatic carbocycles. The fourth-order valence-corrected chi connectivity index (χ4v) is 4.81. The number of benzene rings is 2. The Bertz CT molecular complexity index is 1290. The summed E-state index contributed by atoms with van der Waals surface area (Å²) < 4.78 is 5.71. The third kappa shape index (κ3) is 5.04. The van der Waals surface area contributed by atoms with Crippen LogP contribution in [0.15, 0.2) is 54.1 Å². The Kier molecular flexibility index (Phi) is 7.26. The number of unbranched alkanes of at least 4 members (excludes halogenated alkanes) is 1. The highest BCUT2D eigenvalue weighted by molar-refractivity contribution is 7.15. The molecule has 1 aliphatic rings. The van der Waals surface area contributed by atoms with Gasteiger partial charge in [0.2, 0.25) is 5.13 Å². The number of anilines is 1. The Morgan fingerprint density at radius 3 is 2.28 bits per heavy atom. The summed E-state index contributed by atoms with van der Waals surface area (Å²) in [5, 5.41) is 20.5. The maximum atomic E-state index is 13.3. The number of ether oxygens (including phenoxy) is 1. The number of Topliss-reactive ketones (excluding diaryl/α,β-unsaturated/α-hetero) is 1. The van der Waals surface area contributed by atoms with E-state index in [1.807, 2.05) is 24.3 Å². The molecule has 0 spiro atoms. The second kappa shape index (κ2) is 10.2. The van der Waals surface area contributed by atoms with E-state index >= 15 is 0 Å². The first-order chi connectivity index (χ1) is 17.1. The van der Waals surface area contributed by atoms with Crippen molar-refractivity contribution in [2.75, 3.05) is 11.5 Å². The zero-order valence-electron chi connectivity index (χ0n) is 21.2. The number of hydrogen-bond donors (Lipinski definition) is 1. The molecular weight excluding hydrogens is 474 g/mol. The van der Waals surface area contributed by atoms with Crippen LogP contribution in [0.4, 0.5) is 5.13 Å². The molecule has 0 saturated carbocycles. The lowest BCUT2D eigenvalue weighted by Crippen LogP contribution is -2.29. The average Bonchev–Trinajstić information content (AvgIpc) is 3.39. The Hall–Kier alpha value is -3.52. The molecule has 0 radical (unpaired) electrons. The van der Waals surface area contributed by atoms with Gasteiger partial charge in [0, 0.05) is 5.56 Å². The molecule has 1 atom stereocenters. The summed E-state index contributed by atoms with van der Waals surface area (Å²) in [5.41, 5.74) is 2.22. The van der Waals surface area contributed by atoms with Crippen LogP contribution in [0.3, 0.4) is 0 Å². The fourth-order valence-electron chi connectivity index (χ4n) is 4.09. The van der Waals surface area contributed by atoms with Gasteiger partial charge in [-0.1, -0.05) is 69.7 Å². The lowest BCUT2D eigenvalue weighted by atomic mass is 9.85. The number of aliphatic hydroxyl groups excluding tert-OH is 1. The molecule has 1 aliphatic heterocycles. The molecule has 1 amide bonds. The smallest absolute Gasteiger partial charge is 0.301 e. The number of carbonyl (C=O) groups is 2. The van der Waals surface area contributed by atoms with E-state index in [0.717, 1.165) is 18.4 Å². The third-order valence-corrected chi connectivity index (χ3v) is 6.99. The monoisotopic (exact) mass is 505 g/mol. The minimum absolute atomic E-state index is 0.0241. The minimum atomic E-state index is -0.827. The number of hydrogen-bond acceptors (Lipinski definition) is 7. The van der Waals surface area contributed by atoms with Gasteiger partial charge in [0.05, 0.1) is 18.2 Å². The normalized spacial score (nSPS) is 17.6. The van der Waals surface area contributed by atoms with Crippen LogP contribution in [0, 0.1) is 6.92 Å². The van der Waals surface area contributed by atoms with Crippen molar-refractivity contribution in [2.45, 2.75) is 58.9 Å². The van der Waals surface area contributed by atoms with Gasteiger partial charge >= 0.3 is 5.91 Å². The van der Waals surface area contributed by atoms with Crippen LogP contribution in [0.25, 0.3) is 5.76 Å². The summed E-state index contributed by atoms with van der Waals surface area (Å²) in [6, 6.07) is 13.8. The Balaban J connectivity index is 1.80. The molecule has 8 heteroatoms. The van der Waals surface area contributed by atoms with Crippen LogP contribution in [0.1, 0.15) is 68.3 Å². The molecule has 3 aromatic rings. The van der Waals surface area contributed by atoms with Crippen molar-refractivity contribution in [1.82, 2.24) is 10.2 Å². The molecule has 1 saturated heterocycles. The molecule has 1 fully saturated rings. The first-order valence-electron chi connectivity index (χ1n) is 12.1. The Morgan fingerprint density at radius 1 is 1.06 bits per heavy atom. The van der Waals surface area contributed by atoms with E-state index in [2.05, 4.69) is 37.9 Å². The van der Waals surface area contributed by atoms with E-state index < -0.39 is 17.7 Å². The molecule has 1 aromatic heterocycles. The second-order valence-corrected chi connectivity index (χ2v) is 11.0. The van der Waals surface area contributed by atoms with E-state index in [4.69, 9.17) is 4.74 Å². The maximum absolute atomic E-state index is 13.3. The third-order valence-electron chi connectivity index (χ3n) is 6.15. The number of nitrogens with zero attached hydrogens (tertiary/aromatic N) is 3. The van der Waals surface area contributed by atoms with Gasteiger partial charge in [-0.05, 0) is 54.2 Å². The molecule has 36 heavy (non-hydrogen) atoms. The fraction of sp³-hybridized carbons (Fsp3) is 0.357. The molecule has 0 bridgehead atoms. The van der Waals surface area contributed by atoms with Crippen LogP contribution >= 0.6 is 11.3 Å². The van der Waals surface area contributed by atoms with Crippen molar-refractivity contribution in [3.63, 3.8) is 0 Å². The van der Waals surface area contributed by atoms with Gasteiger partial charge in [0.15, 0.2) is 0 Å². The SMILES string of the molecule is CCCCOc1ccc(C(O)=C2C(=O)C(=O)N(c3nnc(C)s3)[C@@H]2c2ccc(C(C)(C)C)cc2)cc1. The number of aryl methyl sites for hydroxylation is 1. The highest BCUT2D eigenvalue weighted by Gasteiger charge is 2.48. The van der Waals surface area contributed by atoms with Crippen molar-refractivity contribution in [3.05, 3.63) is 75.8 Å². The van der Waals surface area contributed by atoms with Crippen LogP contribution in [-0.4, -0.2) is 33.6 Å². The lowest BCUT2D eigenvalue weighted by Gasteiger charge is -2.24. The van der Waals surface area contributed by atoms with Crippen molar-refractivity contribution in [1.29, 1.82) is 0 Å². The average molecular weight is 506 g/mol. The molecule has 2 heterocycles. The Morgan fingerprint density at radius 2 is 1.72 bits per heavy atom. The second-order valence-electron chi connectivity index (χ2n) is 9.87. The molecule has 1 N–H and O–H groups in total. The first-order valence-corrected chi connectivity index (χ1v) is 12.9. The molecular formula is C28H31N3O4S. The number of aliphatic hydroxyl groups is 1. The summed E-state index contributed by atoms with van der Waals surface area (Å²) in [5.74, 6) is -1.05. The van der Waals surface area contributed by atoms with E-state index in [0.29, 0.717) is 33.6 Å². The minimum Gasteiger partial charge on any atom is -0.507 e. The summed E-state index contributed by atoms with van der Waals surface area (Å²) in [6.07, 6.45) is 1.98. The number of ketones is 1. The summed E-state index contributed by atoms with van der Waals surface area (Å²) >= 11 is 1.23. The van der Waals surface area contributed by atoms with Gasteiger partial charge in [-0.25, -0.2) is 0 Å². The predicted octanol–water partition coefficient (Wildman–Crippen LogP) is 5.95. The largest absolute Gasteiger partial charge is 0.507 e. The quantitative estimate of drug-likeness (QED) is 0.185. The van der Waals surface area contributed by atoms with E-state index in [9.17, 15) is 14.7 Å². The molecule has 2 aromatic carbocycles. The van der Waals surface area contributed by atoms with E-state index in [-0.39, 0.29) is 16.7 Å². The van der Waals surface area contributed by atoms with Gasteiger partial charge in [0.1, 0.15) is 16.5 Å². The summed E-state index contributed by atoms with van der Waals surface area (Å²) in [7, 11) is 0. The Labute approximate surface area is 215 Å². The van der Waals surface area contributed by atoms with Crippen LogP contribution < -0.4 is 9.64 Å². The van der Waals surface area contributed by atoms with Gasteiger partial charge in [0.25, 0.3) is 5.78 Å². The van der Waals surface area contributed by atoms with Crippen LogP contribution in [-0.2, 0) is 15.0 Å². The van der Waals surface area contributed by atoms with Gasteiger partial charge in [-0.2, -0.15) is 0 Å². The highest BCUT2D eigenvalue weighted by Crippen LogP contribution is 2.43. The predicted molar refractivity (Wildman–Crippen MR) is 141 cm³/mol. The molecule has 0 unspecified atom stereocenters. The zero-order valence-corrected chi connectivity index (χ0v) is 22.1. The van der Waals surface area contributed by atoms with Gasteiger partial charge < -0.3 is 9.84 Å². The van der Waals surface area contributed by atoms with Gasteiger partial charge in [-0.3, -0.25) is 14.5 Å². The molecule has 188 valence electrons. The number of amides is 1. The van der Waals surface area contributed by atoms with E-state index in [1.165, 1.54) is 16.2 Å². The summed E-state index contributed by atoms with van der Waals surface area (Å²) in [4.78, 5) is 27.8. The standard InChI is InChI=1S/C28H31N3O4S/c1-6-7-16-35-21-14-10-19(11-15-21)24(32)22-23(18-8-12-20(13-9-18)28(3,4)5)31(26(34)25(22)33)27-30-29-17(2)36-27/h8-15,23,32H,6-7,16H2,1-5H3/t23-/m1/s1. The van der Waals surface area contributed by atoms with Crippen molar-refractivity contribution < 1.29 is 19.4 Å². The number of rotatable bonds is 7. The number of carbonyl (C=O) groups excluding carboxylic acids is 2. The summed E-state index contributed by atoms with van der Waals surface area (Å²) in [6.45, 7) is 10.8.